The molecule has 0 spiro atoms. The summed E-state index contributed by atoms with van der Waals surface area (Å²) in [5, 5.41) is 4.26. The number of para-hydroxylation sites is 1. The Morgan fingerprint density at radius 3 is 2.80 bits per heavy atom. The third-order valence-corrected chi connectivity index (χ3v) is 4.18. The Morgan fingerprint density at radius 1 is 1.20 bits per heavy atom. The monoisotopic (exact) mass is 337 g/mol. The van der Waals surface area contributed by atoms with E-state index in [1.165, 1.54) is 11.0 Å². The third-order valence-electron chi connectivity index (χ3n) is 4.18. The summed E-state index contributed by atoms with van der Waals surface area (Å²) in [6.45, 7) is 0.681. The summed E-state index contributed by atoms with van der Waals surface area (Å²) in [7, 11) is 1.85. The van der Waals surface area contributed by atoms with E-state index in [4.69, 9.17) is 4.74 Å². The number of hydrogen-bond acceptors (Lipinski definition) is 3. The van der Waals surface area contributed by atoms with Crippen molar-refractivity contribution in [3.05, 3.63) is 77.4 Å². The van der Waals surface area contributed by atoms with Crippen LogP contribution in [0.2, 0.25) is 0 Å². The number of aromatic nitrogens is 2. The number of hydrogen-bond donors (Lipinski definition) is 0. The first kappa shape index (κ1) is 15.4. The molecule has 1 aliphatic heterocycles. The average Bonchev–Trinajstić information content (AvgIpc) is 3.17. The third kappa shape index (κ3) is 2.87. The van der Waals surface area contributed by atoms with Crippen LogP contribution in [0.25, 0.3) is 0 Å². The second-order valence-corrected chi connectivity index (χ2v) is 5.93. The zero-order chi connectivity index (χ0) is 17.4. The van der Waals surface area contributed by atoms with Gasteiger partial charge in [0.25, 0.3) is 5.91 Å². The Bertz CT molecular complexity index is 951. The number of ether oxygens (including phenoxy) is 1. The molecule has 1 amide bonds. The van der Waals surface area contributed by atoms with Crippen molar-refractivity contribution in [1.82, 2.24) is 9.78 Å². The maximum Gasteiger partial charge on any atom is 0.259 e. The van der Waals surface area contributed by atoms with Gasteiger partial charge in [0, 0.05) is 18.8 Å². The number of carbonyl (C=O) groups excluding carboxylic acids is 1. The van der Waals surface area contributed by atoms with E-state index in [0.29, 0.717) is 30.2 Å². The molecular formula is C19H16FN3O2. The van der Waals surface area contributed by atoms with Gasteiger partial charge in [-0.05, 0) is 42.0 Å². The van der Waals surface area contributed by atoms with Crippen LogP contribution < -0.4 is 9.64 Å². The molecule has 3 aromatic rings. The fourth-order valence-electron chi connectivity index (χ4n) is 2.95. The Labute approximate surface area is 144 Å². The molecule has 0 radical (unpaired) electrons. The van der Waals surface area contributed by atoms with Crippen LogP contribution in [-0.4, -0.2) is 15.7 Å². The molecule has 6 heteroatoms. The van der Waals surface area contributed by atoms with Gasteiger partial charge < -0.3 is 9.64 Å². The number of aryl methyl sites for hydroxylation is 1. The van der Waals surface area contributed by atoms with Gasteiger partial charge in [-0.1, -0.05) is 12.1 Å². The lowest BCUT2D eigenvalue weighted by molar-refractivity contribution is 0.0996. The van der Waals surface area contributed by atoms with Crippen LogP contribution in [0.4, 0.5) is 10.1 Å². The van der Waals surface area contributed by atoms with Crippen LogP contribution in [0.15, 0.2) is 54.7 Å². The zero-order valence-corrected chi connectivity index (χ0v) is 13.6. The van der Waals surface area contributed by atoms with Gasteiger partial charge in [-0.15, -0.1) is 0 Å². The molecule has 0 atom stereocenters. The molecular weight excluding hydrogens is 321 g/mol. The van der Waals surface area contributed by atoms with Gasteiger partial charge in [-0.25, -0.2) is 4.39 Å². The molecule has 2 aromatic carbocycles. The molecule has 0 bridgehead atoms. The molecule has 4 rings (SSSR count). The van der Waals surface area contributed by atoms with Gasteiger partial charge in [0.1, 0.15) is 18.2 Å². The van der Waals surface area contributed by atoms with Crippen molar-refractivity contribution in [2.75, 3.05) is 4.90 Å². The fraction of sp³-hybridized carbons (Fsp3) is 0.158. The summed E-state index contributed by atoms with van der Waals surface area (Å²) < 4.78 is 21.5. The first-order valence-electron chi connectivity index (χ1n) is 7.92. The van der Waals surface area contributed by atoms with Gasteiger partial charge in [-0.3, -0.25) is 9.48 Å². The van der Waals surface area contributed by atoms with Crippen LogP contribution in [0, 0.1) is 5.82 Å². The summed E-state index contributed by atoms with van der Waals surface area (Å²) in [6, 6.07) is 13.5. The topological polar surface area (TPSA) is 47.4 Å². The van der Waals surface area contributed by atoms with E-state index >= 15 is 0 Å². The van der Waals surface area contributed by atoms with Crippen LogP contribution in [0.1, 0.15) is 21.6 Å². The molecule has 5 nitrogen and oxygen atoms in total. The highest BCUT2D eigenvalue weighted by Crippen LogP contribution is 2.32. The summed E-state index contributed by atoms with van der Waals surface area (Å²) in [5.41, 5.74) is 2.52. The maximum absolute atomic E-state index is 14.0. The SMILES string of the molecule is Cn1ccc(COc2ccc3c(c2)CN(c2ccccc2F)C3=O)n1. The lowest BCUT2D eigenvalue weighted by Gasteiger charge is -2.16. The smallest absolute Gasteiger partial charge is 0.259 e. The van der Waals surface area contributed by atoms with Gasteiger partial charge in [0.2, 0.25) is 0 Å². The zero-order valence-electron chi connectivity index (χ0n) is 13.6. The second-order valence-electron chi connectivity index (χ2n) is 5.93. The number of halogens is 1. The molecule has 1 aromatic heterocycles. The highest BCUT2D eigenvalue weighted by molar-refractivity contribution is 6.10. The molecule has 0 saturated heterocycles. The highest BCUT2D eigenvalue weighted by Gasteiger charge is 2.30. The van der Waals surface area contributed by atoms with E-state index in [1.807, 2.05) is 25.4 Å². The fourth-order valence-corrected chi connectivity index (χ4v) is 2.95. The predicted octanol–water partition coefficient (Wildman–Crippen LogP) is 3.30. The Kier molecular flexibility index (Phi) is 3.72. The van der Waals surface area contributed by atoms with Gasteiger partial charge >= 0.3 is 0 Å². The van der Waals surface area contributed by atoms with E-state index in [-0.39, 0.29) is 5.91 Å². The van der Waals surface area contributed by atoms with E-state index in [9.17, 15) is 9.18 Å². The van der Waals surface area contributed by atoms with Crippen LogP contribution in [-0.2, 0) is 20.2 Å². The summed E-state index contributed by atoms with van der Waals surface area (Å²) >= 11 is 0. The number of anilines is 1. The van der Waals surface area contributed by atoms with Crippen molar-refractivity contribution in [2.45, 2.75) is 13.2 Å². The van der Waals surface area contributed by atoms with Gasteiger partial charge in [-0.2, -0.15) is 5.10 Å². The molecule has 126 valence electrons. The van der Waals surface area contributed by atoms with E-state index in [2.05, 4.69) is 5.10 Å². The van der Waals surface area contributed by atoms with Crippen molar-refractivity contribution in [2.24, 2.45) is 7.05 Å². The first-order chi connectivity index (χ1) is 12.1. The van der Waals surface area contributed by atoms with Crippen molar-refractivity contribution in [3.63, 3.8) is 0 Å². The number of carbonyl (C=O) groups is 1. The van der Waals surface area contributed by atoms with E-state index < -0.39 is 5.82 Å². The predicted molar refractivity (Wildman–Crippen MR) is 90.9 cm³/mol. The number of rotatable bonds is 4. The largest absolute Gasteiger partial charge is 0.487 e. The molecule has 1 aliphatic rings. The summed E-state index contributed by atoms with van der Waals surface area (Å²) in [4.78, 5) is 14.0. The molecule has 0 fully saturated rings. The quantitative estimate of drug-likeness (QED) is 0.734. The highest BCUT2D eigenvalue weighted by atomic mass is 19.1. The van der Waals surface area contributed by atoms with E-state index in [1.54, 1.807) is 35.0 Å². The van der Waals surface area contributed by atoms with Crippen LogP contribution in [0.3, 0.4) is 0 Å². The first-order valence-corrected chi connectivity index (χ1v) is 7.92. The minimum absolute atomic E-state index is 0.198. The number of benzene rings is 2. The van der Waals surface area contributed by atoms with Crippen molar-refractivity contribution in [1.29, 1.82) is 0 Å². The minimum atomic E-state index is -0.407. The molecule has 0 aliphatic carbocycles. The van der Waals surface area contributed by atoms with Crippen molar-refractivity contribution >= 4 is 11.6 Å². The summed E-state index contributed by atoms with van der Waals surface area (Å²) in [6.07, 6.45) is 1.85. The van der Waals surface area contributed by atoms with Gasteiger partial charge in [0.05, 0.1) is 17.9 Å². The normalized spacial score (nSPS) is 13.2. The molecule has 0 N–H and O–H groups in total. The maximum atomic E-state index is 14.0. The average molecular weight is 337 g/mol. The van der Waals surface area contributed by atoms with Crippen molar-refractivity contribution in [3.8, 4) is 5.75 Å². The second kappa shape index (κ2) is 6.05. The lowest BCUT2D eigenvalue weighted by Crippen LogP contribution is -2.23. The van der Waals surface area contributed by atoms with E-state index in [0.717, 1.165) is 11.3 Å². The van der Waals surface area contributed by atoms with Gasteiger partial charge in [0.15, 0.2) is 0 Å². The lowest BCUT2D eigenvalue weighted by atomic mass is 10.1. The van der Waals surface area contributed by atoms with Crippen molar-refractivity contribution < 1.29 is 13.9 Å². The molecule has 0 saturated carbocycles. The number of amides is 1. The standard InChI is InChI=1S/C19H16FN3O2/c1-22-9-8-14(21-22)12-25-15-6-7-16-13(10-15)11-23(19(16)24)18-5-3-2-4-17(18)20/h2-10H,11-12H2,1H3. The Balaban J connectivity index is 1.54. The Hall–Kier alpha value is -3.15. The number of fused-ring (bicyclic) bond motifs is 1. The minimum Gasteiger partial charge on any atom is -0.487 e. The number of nitrogens with zero attached hydrogens (tertiary/aromatic N) is 3. The molecule has 25 heavy (non-hydrogen) atoms. The van der Waals surface area contributed by atoms with Crippen LogP contribution >= 0.6 is 0 Å². The molecule has 2 heterocycles. The van der Waals surface area contributed by atoms with Crippen LogP contribution in [0.5, 0.6) is 5.75 Å². The summed E-state index contributed by atoms with van der Waals surface area (Å²) in [5.74, 6) is 0.0549. The Morgan fingerprint density at radius 2 is 2.04 bits per heavy atom. The molecule has 0 unspecified atom stereocenters.